The Morgan fingerprint density at radius 2 is 2.11 bits per heavy atom. The van der Waals surface area contributed by atoms with Gasteiger partial charge in [0.2, 0.25) is 10.0 Å². The lowest BCUT2D eigenvalue weighted by Crippen LogP contribution is -2.25. The fourth-order valence-corrected chi connectivity index (χ4v) is 4.20. The third-order valence-corrected chi connectivity index (χ3v) is 5.80. The number of thiophene rings is 1. The first-order valence-corrected chi connectivity index (χ1v) is 8.33. The Hall–Kier alpha value is -0.960. The highest BCUT2D eigenvalue weighted by Crippen LogP contribution is 2.25. The van der Waals surface area contributed by atoms with Gasteiger partial charge in [0.25, 0.3) is 0 Å². The van der Waals surface area contributed by atoms with Crippen LogP contribution in [0.1, 0.15) is 4.88 Å². The standard InChI is InChI=1S/C11H10BrFN2O2S2/c12-7-4-5-18-10(7)6-15-19(16,17)11-8(13)2-1-3-9(11)14/h1-5,15H,6,14H2. The van der Waals surface area contributed by atoms with E-state index in [-0.39, 0.29) is 12.2 Å². The molecule has 102 valence electrons. The molecule has 0 aliphatic rings. The zero-order chi connectivity index (χ0) is 14.0. The Morgan fingerprint density at radius 3 is 2.68 bits per heavy atom. The SMILES string of the molecule is Nc1cccc(F)c1S(=O)(=O)NCc1sccc1Br. The fraction of sp³-hybridized carbons (Fsp3) is 0.0909. The summed E-state index contributed by atoms with van der Waals surface area (Å²) in [6, 6.07) is 5.58. The van der Waals surface area contributed by atoms with Crippen molar-refractivity contribution in [3.8, 4) is 0 Å². The first-order valence-electron chi connectivity index (χ1n) is 5.17. The van der Waals surface area contributed by atoms with Crippen molar-refractivity contribution in [3.05, 3.63) is 44.8 Å². The van der Waals surface area contributed by atoms with Crippen molar-refractivity contribution in [1.82, 2.24) is 4.72 Å². The number of benzene rings is 1. The summed E-state index contributed by atoms with van der Waals surface area (Å²) in [6.45, 7) is 0.0777. The predicted molar refractivity (Wildman–Crippen MR) is 76.9 cm³/mol. The quantitative estimate of drug-likeness (QED) is 0.819. The molecular formula is C11H10BrFN2O2S2. The van der Waals surface area contributed by atoms with Crippen LogP contribution >= 0.6 is 27.3 Å². The molecule has 0 amide bonds. The van der Waals surface area contributed by atoms with E-state index >= 15 is 0 Å². The van der Waals surface area contributed by atoms with Gasteiger partial charge in [-0.3, -0.25) is 0 Å². The lowest BCUT2D eigenvalue weighted by atomic mass is 10.3. The van der Waals surface area contributed by atoms with Crippen molar-refractivity contribution >= 4 is 43.0 Å². The van der Waals surface area contributed by atoms with Gasteiger partial charge in [-0.25, -0.2) is 17.5 Å². The molecule has 0 bridgehead atoms. The number of rotatable bonds is 4. The van der Waals surface area contributed by atoms with Crippen LogP contribution in [-0.2, 0) is 16.6 Å². The van der Waals surface area contributed by atoms with Crippen molar-refractivity contribution in [1.29, 1.82) is 0 Å². The van der Waals surface area contributed by atoms with Crippen LogP contribution in [0.25, 0.3) is 0 Å². The van der Waals surface area contributed by atoms with Crippen molar-refractivity contribution in [2.75, 3.05) is 5.73 Å². The average molecular weight is 365 g/mol. The third kappa shape index (κ3) is 3.14. The lowest BCUT2D eigenvalue weighted by Gasteiger charge is -2.09. The van der Waals surface area contributed by atoms with Gasteiger partial charge in [0.15, 0.2) is 0 Å². The van der Waals surface area contributed by atoms with Crippen LogP contribution in [-0.4, -0.2) is 8.42 Å². The Bertz CT molecular complexity index is 680. The number of anilines is 1. The van der Waals surface area contributed by atoms with Crippen molar-refractivity contribution in [2.45, 2.75) is 11.4 Å². The summed E-state index contributed by atoms with van der Waals surface area (Å²) in [5.74, 6) is -0.863. The number of hydrogen-bond acceptors (Lipinski definition) is 4. The van der Waals surface area contributed by atoms with Crippen LogP contribution in [0.15, 0.2) is 39.0 Å². The Labute approximate surface area is 122 Å². The van der Waals surface area contributed by atoms with E-state index in [4.69, 9.17) is 5.73 Å². The Balaban J connectivity index is 2.26. The highest BCUT2D eigenvalue weighted by atomic mass is 79.9. The highest BCUT2D eigenvalue weighted by Gasteiger charge is 2.22. The Kier molecular flexibility index (Phi) is 4.24. The van der Waals surface area contributed by atoms with Crippen molar-refractivity contribution < 1.29 is 12.8 Å². The molecule has 8 heteroatoms. The van der Waals surface area contributed by atoms with Crippen LogP contribution in [0.2, 0.25) is 0 Å². The van der Waals surface area contributed by atoms with E-state index in [1.807, 2.05) is 11.4 Å². The van der Waals surface area contributed by atoms with Crippen LogP contribution in [0.4, 0.5) is 10.1 Å². The monoisotopic (exact) mass is 364 g/mol. The molecule has 0 saturated heterocycles. The second-order valence-corrected chi connectivity index (χ2v) is 7.23. The number of nitrogens with one attached hydrogen (secondary N) is 1. The number of halogens is 2. The van der Waals surface area contributed by atoms with Gasteiger partial charge in [-0.15, -0.1) is 11.3 Å². The molecule has 3 N–H and O–H groups in total. The first-order chi connectivity index (χ1) is 8.92. The summed E-state index contributed by atoms with van der Waals surface area (Å²) in [7, 11) is -3.98. The second kappa shape index (κ2) is 5.58. The van der Waals surface area contributed by atoms with Crippen LogP contribution in [0, 0.1) is 5.82 Å². The van der Waals surface area contributed by atoms with Crippen LogP contribution < -0.4 is 10.5 Å². The maximum absolute atomic E-state index is 13.6. The maximum Gasteiger partial charge on any atom is 0.245 e. The minimum atomic E-state index is -3.98. The van der Waals surface area contributed by atoms with Crippen LogP contribution in [0.5, 0.6) is 0 Å². The van der Waals surface area contributed by atoms with E-state index in [0.717, 1.165) is 15.4 Å². The van der Waals surface area contributed by atoms with Gasteiger partial charge in [-0.2, -0.15) is 0 Å². The number of nitrogens with two attached hydrogens (primary N) is 1. The molecule has 19 heavy (non-hydrogen) atoms. The third-order valence-electron chi connectivity index (χ3n) is 2.38. The Morgan fingerprint density at radius 1 is 1.37 bits per heavy atom. The number of sulfonamides is 1. The zero-order valence-corrected chi connectivity index (χ0v) is 12.8. The summed E-state index contributed by atoms with van der Waals surface area (Å²) in [6.07, 6.45) is 0. The lowest BCUT2D eigenvalue weighted by molar-refractivity contribution is 0.558. The molecule has 2 aromatic rings. The summed E-state index contributed by atoms with van der Waals surface area (Å²) < 4.78 is 40.8. The van der Waals surface area contributed by atoms with E-state index in [1.54, 1.807) is 0 Å². The molecule has 0 aliphatic carbocycles. The average Bonchev–Trinajstić information content (AvgIpc) is 2.72. The maximum atomic E-state index is 13.6. The van der Waals surface area contributed by atoms with Gasteiger partial charge in [0, 0.05) is 15.9 Å². The van der Waals surface area contributed by atoms with E-state index < -0.39 is 20.7 Å². The fourth-order valence-electron chi connectivity index (χ4n) is 1.49. The molecule has 4 nitrogen and oxygen atoms in total. The molecule has 0 atom stereocenters. The molecule has 1 aromatic carbocycles. The van der Waals surface area contributed by atoms with E-state index in [0.29, 0.717) is 0 Å². The molecule has 0 saturated carbocycles. The molecule has 0 radical (unpaired) electrons. The van der Waals surface area contributed by atoms with E-state index in [9.17, 15) is 12.8 Å². The molecule has 1 aromatic heterocycles. The summed E-state index contributed by atoms with van der Waals surface area (Å²) in [5, 5.41) is 1.82. The molecule has 2 rings (SSSR count). The summed E-state index contributed by atoms with van der Waals surface area (Å²) in [5.41, 5.74) is 5.41. The van der Waals surface area contributed by atoms with Gasteiger partial charge in [0.05, 0.1) is 5.69 Å². The van der Waals surface area contributed by atoms with Gasteiger partial charge in [0.1, 0.15) is 10.7 Å². The predicted octanol–water partition coefficient (Wildman–Crippen LogP) is 2.71. The molecule has 0 fully saturated rings. The van der Waals surface area contributed by atoms with E-state index in [2.05, 4.69) is 20.7 Å². The number of hydrogen-bond donors (Lipinski definition) is 2. The molecule has 0 unspecified atom stereocenters. The number of nitrogen functional groups attached to an aromatic ring is 1. The van der Waals surface area contributed by atoms with E-state index in [1.165, 1.54) is 23.5 Å². The first kappa shape index (κ1) is 14.4. The normalized spacial score (nSPS) is 11.7. The molecular weight excluding hydrogens is 355 g/mol. The largest absolute Gasteiger partial charge is 0.398 e. The van der Waals surface area contributed by atoms with Crippen molar-refractivity contribution in [2.24, 2.45) is 0 Å². The van der Waals surface area contributed by atoms with Crippen LogP contribution in [0.3, 0.4) is 0 Å². The summed E-state index contributed by atoms with van der Waals surface area (Å²) in [4.78, 5) is 0.293. The van der Waals surface area contributed by atoms with Gasteiger partial charge in [-0.1, -0.05) is 6.07 Å². The van der Waals surface area contributed by atoms with Crippen molar-refractivity contribution in [3.63, 3.8) is 0 Å². The minimum Gasteiger partial charge on any atom is -0.398 e. The topological polar surface area (TPSA) is 72.2 Å². The molecule has 0 spiro atoms. The van der Waals surface area contributed by atoms with Gasteiger partial charge < -0.3 is 5.73 Å². The van der Waals surface area contributed by atoms with Gasteiger partial charge >= 0.3 is 0 Å². The minimum absolute atomic E-state index is 0.0777. The molecule has 0 aliphatic heterocycles. The smallest absolute Gasteiger partial charge is 0.245 e. The summed E-state index contributed by atoms with van der Waals surface area (Å²) >= 11 is 4.69. The second-order valence-electron chi connectivity index (χ2n) is 3.67. The van der Waals surface area contributed by atoms with Gasteiger partial charge in [-0.05, 0) is 39.5 Å². The highest BCUT2D eigenvalue weighted by molar-refractivity contribution is 9.10. The zero-order valence-electron chi connectivity index (χ0n) is 9.56. The molecule has 1 heterocycles.